The van der Waals surface area contributed by atoms with Gasteiger partial charge in [-0.15, -0.1) is 0 Å². The van der Waals surface area contributed by atoms with Crippen LogP contribution in [0.1, 0.15) is 12.0 Å². The van der Waals surface area contributed by atoms with Crippen LogP contribution in [0.25, 0.3) is 0 Å². The van der Waals surface area contributed by atoms with Gasteiger partial charge in [-0.3, -0.25) is 4.79 Å². The van der Waals surface area contributed by atoms with Crippen LogP contribution in [0.4, 0.5) is 5.69 Å². The number of hydrogen-bond donors (Lipinski definition) is 1. The first-order valence-electron chi connectivity index (χ1n) is 6.47. The van der Waals surface area contributed by atoms with Crippen LogP contribution >= 0.6 is 23.2 Å². The van der Waals surface area contributed by atoms with E-state index in [1.165, 1.54) is 0 Å². The maximum atomic E-state index is 11.9. The van der Waals surface area contributed by atoms with E-state index in [0.29, 0.717) is 34.3 Å². The van der Waals surface area contributed by atoms with Crippen LogP contribution in [0.15, 0.2) is 42.5 Å². The molecule has 1 N–H and O–H groups in total. The van der Waals surface area contributed by atoms with Gasteiger partial charge >= 0.3 is 0 Å². The van der Waals surface area contributed by atoms with Crippen LogP contribution in [0.2, 0.25) is 10.0 Å². The molecule has 0 heterocycles. The molecule has 0 radical (unpaired) electrons. The summed E-state index contributed by atoms with van der Waals surface area (Å²) in [6.45, 7) is 0. The molecule has 0 aliphatic heterocycles. The number of hydrogen-bond acceptors (Lipinski definition) is 2. The zero-order valence-corrected chi connectivity index (χ0v) is 13.0. The third-order valence-corrected chi connectivity index (χ3v) is 3.66. The Balaban J connectivity index is 1.95. The molecule has 110 valence electrons. The summed E-state index contributed by atoms with van der Waals surface area (Å²) in [7, 11) is 1.57. The quantitative estimate of drug-likeness (QED) is 0.875. The van der Waals surface area contributed by atoms with Crippen molar-refractivity contribution in [3.63, 3.8) is 0 Å². The molecule has 0 fully saturated rings. The Bertz CT molecular complexity index is 644. The van der Waals surface area contributed by atoms with Crippen LogP contribution in [-0.2, 0) is 11.2 Å². The molecule has 0 unspecified atom stereocenters. The first-order valence-corrected chi connectivity index (χ1v) is 7.22. The molecule has 0 saturated heterocycles. The van der Waals surface area contributed by atoms with Gasteiger partial charge in [0, 0.05) is 17.1 Å². The highest BCUT2D eigenvalue weighted by Gasteiger charge is 2.09. The van der Waals surface area contributed by atoms with Gasteiger partial charge in [0.15, 0.2) is 0 Å². The number of methoxy groups -OCH3 is 1. The lowest BCUT2D eigenvalue weighted by molar-refractivity contribution is -0.116. The molecule has 0 aromatic heterocycles. The van der Waals surface area contributed by atoms with Gasteiger partial charge in [-0.25, -0.2) is 0 Å². The van der Waals surface area contributed by atoms with E-state index >= 15 is 0 Å². The third-order valence-electron chi connectivity index (χ3n) is 2.99. The standard InChI is InChI=1S/C16H15Cl2NO2/c1-21-14-7-2-4-11(16(14)18)8-9-15(20)19-13-6-3-5-12(17)10-13/h2-7,10H,8-9H2,1H3,(H,19,20). The normalized spacial score (nSPS) is 10.2. The van der Waals surface area contributed by atoms with Gasteiger partial charge < -0.3 is 10.1 Å². The number of carbonyl (C=O) groups is 1. The van der Waals surface area contributed by atoms with Gasteiger partial charge in [-0.1, -0.05) is 41.4 Å². The molecule has 1 amide bonds. The molecule has 2 aromatic carbocycles. The molecular formula is C16H15Cl2NO2. The van der Waals surface area contributed by atoms with Crippen molar-refractivity contribution in [2.24, 2.45) is 0 Å². The van der Waals surface area contributed by atoms with E-state index in [4.69, 9.17) is 27.9 Å². The van der Waals surface area contributed by atoms with Crippen LogP contribution < -0.4 is 10.1 Å². The summed E-state index contributed by atoms with van der Waals surface area (Å²) in [5.41, 5.74) is 1.57. The summed E-state index contributed by atoms with van der Waals surface area (Å²) < 4.78 is 5.15. The second kappa shape index (κ2) is 7.34. The van der Waals surface area contributed by atoms with Crippen molar-refractivity contribution in [1.29, 1.82) is 0 Å². The molecular weight excluding hydrogens is 309 g/mol. The molecule has 0 saturated carbocycles. The number of amides is 1. The van der Waals surface area contributed by atoms with Crippen molar-refractivity contribution in [3.05, 3.63) is 58.1 Å². The molecule has 0 spiro atoms. The van der Waals surface area contributed by atoms with Crippen LogP contribution in [0, 0.1) is 0 Å². The number of aryl methyl sites for hydroxylation is 1. The zero-order valence-electron chi connectivity index (χ0n) is 11.5. The maximum Gasteiger partial charge on any atom is 0.224 e. The molecule has 0 aliphatic rings. The van der Waals surface area contributed by atoms with E-state index in [9.17, 15) is 4.79 Å². The smallest absolute Gasteiger partial charge is 0.224 e. The van der Waals surface area contributed by atoms with Crippen molar-refractivity contribution in [3.8, 4) is 5.75 Å². The van der Waals surface area contributed by atoms with Crippen molar-refractivity contribution in [1.82, 2.24) is 0 Å². The van der Waals surface area contributed by atoms with Crippen molar-refractivity contribution in [2.45, 2.75) is 12.8 Å². The predicted molar refractivity (Wildman–Crippen MR) is 86.4 cm³/mol. The Hall–Kier alpha value is -1.71. The van der Waals surface area contributed by atoms with Gasteiger partial charge in [0.25, 0.3) is 0 Å². The topological polar surface area (TPSA) is 38.3 Å². The maximum absolute atomic E-state index is 11.9. The number of halogens is 2. The third kappa shape index (κ3) is 4.38. The molecule has 5 heteroatoms. The number of benzene rings is 2. The summed E-state index contributed by atoms with van der Waals surface area (Å²) in [6, 6.07) is 12.6. The van der Waals surface area contributed by atoms with Crippen molar-refractivity contribution in [2.75, 3.05) is 12.4 Å². The Morgan fingerprint density at radius 1 is 1.19 bits per heavy atom. The van der Waals surface area contributed by atoms with Crippen LogP contribution in [-0.4, -0.2) is 13.0 Å². The molecule has 0 atom stereocenters. The van der Waals surface area contributed by atoms with Gasteiger partial charge in [0.05, 0.1) is 12.1 Å². The van der Waals surface area contributed by atoms with E-state index < -0.39 is 0 Å². The number of ether oxygens (including phenoxy) is 1. The largest absolute Gasteiger partial charge is 0.495 e. The molecule has 21 heavy (non-hydrogen) atoms. The lowest BCUT2D eigenvalue weighted by atomic mass is 10.1. The fourth-order valence-corrected chi connectivity index (χ4v) is 2.43. The predicted octanol–water partition coefficient (Wildman–Crippen LogP) is 4.57. The Kier molecular flexibility index (Phi) is 5.48. The molecule has 3 nitrogen and oxygen atoms in total. The lowest BCUT2D eigenvalue weighted by Crippen LogP contribution is -2.12. The Morgan fingerprint density at radius 3 is 2.67 bits per heavy atom. The fraction of sp³-hybridized carbons (Fsp3) is 0.188. The first-order chi connectivity index (χ1) is 10.1. The molecule has 0 bridgehead atoms. The number of anilines is 1. The highest BCUT2D eigenvalue weighted by atomic mass is 35.5. The summed E-state index contributed by atoms with van der Waals surface area (Å²) in [5, 5.41) is 3.94. The van der Waals surface area contributed by atoms with E-state index in [2.05, 4.69) is 5.32 Å². The SMILES string of the molecule is COc1cccc(CCC(=O)Nc2cccc(Cl)c2)c1Cl. The Morgan fingerprint density at radius 2 is 1.95 bits per heavy atom. The monoisotopic (exact) mass is 323 g/mol. The van der Waals surface area contributed by atoms with Crippen molar-refractivity contribution < 1.29 is 9.53 Å². The number of nitrogens with one attached hydrogen (secondary N) is 1. The molecule has 2 aromatic rings. The van der Waals surface area contributed by atoms with Gasteiger partial charge in [-0.2, -0.15) is 0 Å². The van der Waals surface area contributed by atoms with Gasteiger partial charge in [0.2, 0.25) is 5.91 Å². The minimum absolute atomic E-state index is 0.0869. The zero-order chi connectivity index (χ0) is 15.2. The summed E-state index contributed by atoms with van der Waals surface area (Å²) in [4.78, 5) is 11.9. The lowest BCUT2D eigenvalue weighted by Gasteiger charge is -2.09. The highest BCUT2D eigenvalue weighted by molar-refractivity contribution is 6.32. The average Bonchev–Trinajstić information content (AvgIpc) is 2.46. The first kappa shape index (κ1) is 15.7. The van der Waals surface area contributed by atoms with Crippen LogP contribution in [0.5, 0.6) is 5.75 Å². The van der Waals surface area contributed by atoms with E-state index in [-0.39, 0.29) is 5.91 Å². The van der Waals surface area contributed by atoms with Crippen molar-refractivity contribution >= 4 is 34.8 Å². The van der Waals surface area contributed by atoms with E-state index in [0.717, 1.165) is 5.56 Å². The number of carbonyl (C=O) groups excluding carboxylic acids is 1. The van der Waals surface area contributed by atoms with Gasteiger partial charge in [-0.05, 0) is 36.2 Å². The van der Waals surface area contributed by atoms with Crippen LogP contribution in [0.3, 0.4) is 0 Å². The van der Waals surface area contributed by atoms with Gasteiger partial charge in [0.1, 0.15) is 5.75 Å². The summed E-state index contributed by atoms with van der Waals surface area (Å²) >= 11 is 12.1. The van der Waals surface area contributed by atoms with E-state index in [1.807, 2.05) is 12.1 Å². The van der Waals surface area contributed by atoms with E-state index in [1.54, 1.807) is 37.4 Å². The highest BCUT2D eigenvalue weighted by Crippen LogP contribution is 2.28. The minimum Gasteiger partial charge on any atom is -0.495 e. The fourth-order valence-electron chi connectivity index (χ4n) is 1.94. The molecule has 2 rings (SSSR count). The number of rotatable bonds is 5. The minimum atomic E-state index is -0.0869. The Labute approximate surface area is 133 Å². The summed E-state index contributed by atoms with van der Waals surface area (Å²) in [5.74, 6) is 0.528. The average molecular weight is 324 g/mol. The second-order valence-electron chi connectivity index (χ2n) is 4.49. The molecule has 0 aliphatic carbocycles. The second-order valence-corrected chi connectivity index (χ2v) is 5.31. The summed E-state index contributed by atoms with van der Waals surface area (Å²) in [6.07, 6.45) is 0.877.